The predicted octanol–water partition coefficient (Wildman–Crippen LogP) is 3.86. The van der Waals surface area contributed by atoms with Gasteiger partial charge in [-0.3, -0.25) is 0 Å². The Morgan fingerprint density at radius 3 is 2.59 bits per heavy atom. The molecule has 0 amide bonds. The first-order valence-electron chi connectivity index (χ1n) is 8.89. The van der Waals surface area contributed by atoms with Gasteiger partial charge in [0.05, 0.1) is 6.61 Å². The summed E-state index contributed by atoms with van der Waals surface area (Å²) in [6, 6.07) is 10.5. The van der Waals surface area contributed by atoms with Crippen LogP contribution in [0.1, 0.15) is 18.5 Å². The number of para-hydroxylation sites is 1. The van der Waals surface area contributed by atoms with Crippen molar-refractivity contribution in [2.75, 3.05) is 43.6 Å². The second-order valence-corrected chi connectivity index (χ2v) is 6.88. The minimum absolute atomic E-state index is 0.123. The van der Waals surface area contributed by atoms with E-state index < -0.39 is 11.9 Å². The van der Waals surface area contributed by atoms with Crippen LogP contribution in [0.25, 0.3) is 0 Å². The van der Waals surface area contributed by atoms with Crippen LogP contribution in [0.15, 0.2) is 36.4 Å². The van der Waals surface area contributed by atoms with Gasteiger partial charge in [-0.15, -0.1) is 0 Å². The molecule has 2 aromatic rings. The van der Waals surface area contributed by atoms with Gasteiger partial charge < -0.3 is 14.5 Å². The van der Waals surface area contributed by atoms with Crippen molar-refractivity contribution in [2.45, 2.75) is 19.0 Å². The molecule has 0 radical (unpaired) electrons. The van der Waals surface area contributed by atoms with Crippen LogP contribution < -0.4 is 14.5 Å². The Bertz CT molecular complexity index is 752. The SMILES string of the molecule is CN(C)c1cc(C(F)(F)F)nc(N2CCCC(COc3ccccc3)C2)n1. The minimum Gasteiger partial charge on any atom is -0.493 e. The summed E-state index contributed by atoms with van der Waals surface area (Å²) in [6.07, 6.45) is -2.68. The second-order valence-electron chi connectivity index (χ2n) is 6.88. The van der Waals surface area contributed by atoms with Crippen LogP contribution in [0, 0.1) is 5.92 Å². The zero-order chi connectivity index (χ0) is 19.4. The molecule has 0 aliphatic carbocycles. The molecule has 27 heavy (non-hydrogen) atoms. The van der Waals surface area contributed by atoms with Gasteiger partial charge in [-0.2, -0.15) is 18.2 Å². The summed E-state index contributed by atoms with van der Waals surface area (Å²) in [5.74, 6) is 1.37. The molecule has 1 aromatic heterocycles. The molecular weight excluding hydrogens is 357 g/mol. The van der Waals surface area contributed by atoms with Crippen LogP contribution in [-0.4, -0.2) is 43.8 Å². The summed E-state index contributed by atoms with van der Waals surface area (Å²) in [6.45, 7) is 1.72. The standard InChI is InChI=1S/C19H23F3N4O/c1-25(2)17-11-16(19(20,21)22)23-18(24-17)26-10-6-7-14(12-26)13-27-15-8-4-3-5-9-15/h3-5,8-9,11,14H,6-7,10,12-13H2,1-2H3. The number of aromatic nitrogens is 2. The van der Waals surface area contributed by atoms with Gasteiger partial charge in [-0.1, -0.05) is 18.2 Å². The van der Waals surface area contributed by atoms with E-state index >= 15 is 0 Å². The maximum atomic E-state index is 13.2. The molecule has 0 saturated carbocycles. The summed E-state index contributed by atoms with van der Waals surface area (Å²) in [5, 5.41) is 0. The van der Waals surface area contributed by atoms with Crippen molar-refractivity contribution >= 4 is 11.8 Å². The van der Waals surface area contributed by atoms with Crippen molar-refractivity contribution in [3.8, 4) is 5.75 Å². The summed E-state index contributed by atoms with van der Waals surface area (Å²) in [7, 11) is 3.33. The maximum Gasteiger partial charge on any atom is 0.433 e. The number of piperidine rings is 1. The molecular formula is C19H23F3N4O. The molecule has 5 nitrogen and oxygen atoms in total. The first-order valence-corrected chi connectivity index (χ1v) is 8.89. The van der Waals surface area contributed by atoms with E-state index in [9.17, 15) is 13.2 Å². The normalized spacial score (nSPS) is 17.7. The van der Waals surface area contributed by atoms with Crippen LogP contribution in [0.2, 0.25) is 0 Å². The average Bonchev–Trinajstić information content (AvgIpc) is 2.66. The van der Waals surface area contributed by atoms with E-state index in [2.05, 4.69) is 9.97 Å². The lowest BCUT2D eigenvalue weighted by Gasteiger charge is -2.33. The Labute approximate surface area is 156 Å². The lowest BCUT2D eigenvalue weighted by atomic mass is 9.99. The third-order valence-corrected chi connectivity index (χ3v) is 4.48. The highest BCUT2D eigenvalue weighted by atomic mass is 19.4. The zero-order valence-corrected chi connectivity index (χ0v) is 15.4. The van der Waals surface area contributed by atoms with Crippen molar-refractivity contribution in [3.63, 3.8) is 0 Å². The average molecular weight is 380 g/mol. The molecule has 1 aromatic carbocycles. The summed E-state index contributed by atoms with van der Waals surface area (Å²) < 4.78 is 45.5. The van der Waals surface area contributed by atoms with E-state index in [-0.39, 0.29) is 17.7 Å². The Hall–Kier alpha value is -2.51. The van der Waals surface area contributed by atoms with Crippen molar-refractivity contribution in [3.05, 3.63) is 42.1 Å². The van der Waals surface area contributed by atoms with E-state index in [0.29, 0.717) is 19.7 Å². The van der Waals surface area contributed by atoms with Gasteiger partial charge in [0.2, 0.25) is 5.95 Å². The highest BCUT2D eigenvalue weighted by molar-refractivity contribution is 5.46. The maximum absolute atomic E-state index is 13.2. The predicted molar refractivity (Wildman–Crippen MR) is 98.2 cm³/mol. The van der Waals surface area contributed by atoms with Gasteiger partial charge in [0, 0.05) is 39.2 Å². The number of rotatable bonds is 5. The van der Waals surface area contributed by atoms with Gasteiger partial charge >= 0.3 is 6.18 Å². The fourth-order valence-electron chi connectivity index (χ4n) is 3.05. The first-order chi connectivity index (χ1) is 12.8. The lowest BCUT2D eigenvalue weighted by Crippen LogP contribution is -2.39. The molecule has 1 saturated heterocycles. The second kappa shape index (κ2) is 8.02. The topological polar surface area (TPSA) is 41.5 Å². The number of nitrogens with zero attached hydrogens (tertiary/aromatic N) is 4. The van der Waals surface area contributed by atoms with E-state index in [1.807, 2.05) is 35.2 Å². The van der Waals surface area contributed by atoms with E-state index in [1.54, 1.807) is 19.0 Å². The summed E-state index contributed by atoms with van der Waals surface area (Å²) >= 11 is 0. The molecule has 1 fully saturated rings. The number of anilines is 2. The van der Waals surface area contributed by atoms with Gasteiger partial charge in [-0.25, -0.2) is 4.98 Å². The van der Waals surface area contributed by atoms with Crippen molar-refractivity contribution < 1.29 is 17.9 Å². The fraction of sp³-hybridized carbons (Fsp3) is 0.474. The van der Waals surface area contributed by atoms with Gasteiger partial charge in [0.15, 0.2) is 5.69 Å². The first kappa shape index (κ1) is 19.3. The van der Waals surface area contributed by atoms with Crippen LogP contribution in [0.4, 0.5) is 24.9 Å². The number of ether oxygens (including phenoxy) is 1. The molecule has 0 bridgehead atoms. The molecule has 3 rings (SSSR count). The molecule has 2 heterocycles. The lowest BCUT2D eigenvalue weighted by molar-refractivity contribution is -0.141. The molecule has 0 spiro atoms. The van der Waals surface area contributed by atoms with Crippen LogP contribution in [-0.2, 0) is 6.18 Å². The molecule has 1 aliphatic heterocycles. The van der Waals surface area contributed by atoms with Crippen molar-refractivity contribution in [1.29, 1.82) is 0 Å². The minimum atomic E-state index is -4.51. The third-order valence-electron chi connectivity index (χ3n) is 4.48. The number of halogens is 3. The van der Waals surface area contributed by atoms with Gasteiger partial charge in [0.1, 0.15) is 11.6 Å². The van der Waals surface area contributed by atoms with E-state index in [4.69, 9.17) is 4.74 Å². The van der Waals surface area contributed by atoms with Crippen molar-refractivity contribution in [1.82, 2.24) is 9.97 Å². The fourth-order valence-corrected chi connectivity index (χ4v) is 3.05. The summed E-state index contributed by atoms with van der Waals surface area (Å²) in [5.41, 5.74) is -0.918. The molecule has 146 valence electrons. The van der Waals surface area contributed by atoms with E-state index in [1.165, 1.54) is 0 Å². The highest BCUT2D eigenvalue weighted by Gasteiger charge is 2.35. The zero-order valence-electron chi connectivity index (χ0n) is 15.4. The Morgan fingerprint density at radius 2 is 1.93 bits per heavy atom. The quantitative estimate of drug-likeness (QED) is 0.788. The largest absolute Gasteiger partial charge is 0.493 e. The van der Waals surface area contributed by atoms with Gasteiger partial charge in [-0.05, 0) is 25.0 Å². The Kier molecular flexibility index (Phi) is 5.72. The molecule has 0 N–H and O–H groups in total. The van der Waals surface area contributed by atoms with Crippen LogP contribution in [0.5, 0.6) is 5.75 Å². The van der Waals surface area contributed by atoms with Crippen molar-refractivity contribution in [2.24, 2.45) is 5.92 Å². The Balaban J connectivity index is 1.74. The summed E-state index contributed by atoms with van der Waals surface area (Å²) in [4.78, 5) is 11.5. The van der Waals surface area contributed by atoms with Crippen LogP contribution in [0.3, 0.4) is 0 Å². The highest BCUT2D eigenvalue weighted by Crippen LogP contribution is 2.32. The number of benzene rings is 1. The molecule has 1 atom stereocenters. The van der Waals surface area contributed by atoms with Crippen LogP contribution >= 0.6 is 0 Å². The Morgan fingerprint density at radius 1 is 1.19 bits per heavy atom. The smallest absolute Gasteiger partial charge is 0.433 e. The number of hydrogen-bond acceptors (Lipinski definition) is 5. The van der Waals surface area contributed by atoms with Gasteiger partial charge in [0.25, 0.3) is 0 Å². The molecule has 1 aliphatic rings. The van der Waals surface area contributed by atoms with E-state index in [0.717, 1.165) is 24.7 Å². The number of hydrogen-bond donors (Lipinski definition) is 0. The molecule has 8 heteroatoms. The number of alkyl halides is 3. The molecule has 1 unspecified atom stereocenters. The monoisotopic (exact) mass is 380 g/mol. The third kappa shape index (κ3) is 5.02.